The van der Waals surface area contributed by atoms with Crippen molar-refractivity contribution in [2.24, 2.45) is 11.8 Å². The van der Waals surface area contributed by atoms with Crippen molar-refractivity contribution in [2.45, 2.75) is 89.6 Å². The average Bonchev–Trinajstić information content (AvgIpc) is 3.28. The van der Waals surface area contributed by atoms with Gasteiger partial charge in [0.25, 0.3) is 0 Å². The van der Waals surface area contributed by atoms with E-state index >= 15 is 0 Å². The summed E-state index contributed by atoms with van der Waals surface area (Å²) < 4.78 is 6.58. The third-order valence-electron chi connectivity index (χ3n) is 6.87. The molecule has 8 nitrogen and oxygen atoms in total. The normalized spacial score (nSPS) is 36.4. The van der Waals surface area contributed by atoms with Crippen molar-refractivity contribution >= 4 is 17.7 Å². The van der Waals surface area contributed by atoms with Crippen LogP contribution in [0.5, 0.6) is 0 Å². The third-order valence-corrected chi connectivity index (χ3v) is 6.87. The number of amides is 3. The fourth-order valence-electron chi connectivity index (χ4n) is 5.64. The molecule has 0 saturated carbocycles. The van der Waals surface area contributed by atoms with Crippen molar-refractivity contribution in [1.82, 2.24) is 15.5 Å². The SMILES string of the molecule is CCCNC(=O)[C@H]1[C@H]2C(=O)N([C@H](C)CO)C(C(=O)NC(C)C)C23CC[C@]1(CC)O3. The number of aliphatic hydroxyl groups excluding tert-OH is 1. The summed E-state index contributed by atoms with van der Waals surface area (Å²) in [5, 5.41) is 15.6. The highest BCUT2D eigenvalue weighted by molar-refractivity contribution is 5.99. The van der Waals surface area contributed by atoms with Crippen LogP contribution in [0.15, 0.2) is 0 Å². The van der Waals surface area contributed by atoms with Gasteiger partial charge in [-0.05, 0) is 46.5 Å². The lowest BCUT2D eigenvalue weighted by Crippen LogP contribution is -2.58. The van der Waals surface area contributed by atoms with E-state index < -0.39 is 35.1 Å². The Balaban J connectivity index is 2.07. The minimum Gasteiger partial charge on any atom is -0.394 e. The van der Waals surface area contributed by atoms with Crippen molar-refractivity contribution in [3.8, 4) is 0 Å². The van der Waals surface area contributed by atoms with Gasteiger partial charge in [-0.2, -0.15) is 0 Å². The van der Waals surface area contributed by atoms with Gasteiger partial charge in [0.1, 0.15) is 11.6 Å². The van der Waals surface area contributed by atoms with Crippen molar-refractivity contribution in [1.29, 1.82) is 0 Å². The number of rotatable bonds is 8. The number of carbonyl (C=O) groups is 3. The Kier molecular flexibility index (Phi) is 5.98. The first kappa shape index (κ1) is 22.0. The first-order valence-corrected chi connectivity index (χ1v) is 10.9. The number of carbonyl (C=O) groups excluding carboxylic acids is 3. The van der Waals surface area contributed by atoms with E-state index in [0.717, 1.165) is 6.42 Å². The van der Waals surface area contributed by atoms with Crippen LogP contribution >= 0.6 is 0 Å². The van der Waals surface area contributed by atoms with Crippen LogP contribution < -0.4 is 10.6 Å². The Hall–Kier alpha value is -1.67. The zero-order valence-corrected chi connectivity index (χ0v) is 18.2. The van der Waals surface area contributed by atoms with E-state index in [1.165, 1.54) is 4.90 Å². The summed E-state index contributed by atoms with van der Waals surface area (Å²) >= 11 is 0. The lowest BCUT2D eigenvalue weighted by atomic mass is 9.65. The minimum absolute atomic E-state index is 0.0956. The Morgan fingerprint density at radius 1 is 1.24 bits per heavy atom. The molecule has 0 aromatic rings. The zero-order chi connectivity index (χ0) is 21.6. The van der Waals surface area contributed by atoms with Gasteiger partial charge < -0.3 is 25.4 Å². The Bertz CT molecular complexity index is 683. The van der Waals surface area contributed by atoms with E-state index in [4.69, 9.17) is 4.74 Å². The summed E-state index contributed by atoms with van der Waals surface area (Å²) in [6.45, 7) is 9.69. The summed E-state index contributed by atoms with van der Waals surface area (Å²) in [5.41, 5.74) is -1.74. The highest BCUT2D eigenvalue weighted by atomic mass is 16.5. The monoisotopic (exact) mass is 409 g/mol. The molecule has 29 heavy (non-hydrogen) atoms. The highest BCUT2D eigenvalue weighted by Gasteiger charge is 2.78. The maximum atomic E-state index is 13.6. The van der Waals surface area contributed by atoms with Crippen LogP contribution in [0.3, 0.4) is 0 Å². The van der Waals surface area contributed by atoms with E-state index in [0.29, 0.717) is 25.8 Å². The second-order valence-corrected chi connectivity index (χ2v) is 9.06. The van der Waals surface area contributed by atoms with Gasteiger partial charge >= 0.3 is 0 Å². The van der Waals surface area contributed by atoms with Gasteiger partial charge in [-0.1, -0.05) is 13.8 Å². The van der Waals surface area contributed by atoms with Crippen molar-refractivity contribution in [3.63, 3.8) is 0 Å². The molecule has 3 heterocycles. The summed E-state index contributed by atoms with van der Waals surface area (Å²) in [6.07, 6.45) is 2.61. The molecule has 2 bridgehead atoms. The van der Waals surface area contributed by atoms with Crippen LogP contribution in [0.1, 0.15) is 60.3 Å². The first-order valence-electron chi connectivity index (χ1n) is 10.9. The standard InChI is InChI=1S/C21H35N3O5/c1-6-10-22-17(26)14-15-19(28)24(13(5)11-25)16(18(27)23-12(3)4)21(15)9-8-20(14,7-2)29-21/h12-16,25H,6-11H2,1-5H3,(H,22,26)(H,23,27)/t13-,14-,15+,16?,20+,21?/m1/s1. The molecule has 8 heteroatoms. The fraction of sp³-hybridized carbons (Fsp3) is 0.857. The molecule has 3 aliphatic rings. The van der Waals surface area contributed by atoms with Gasteiger partial charge in [0.15, 0.2) is 0 Å². The van der Waals surface area contributed by atoms with E-state index in [-0.39, 0.29) is 30.4 Å². The minimum atomic E-state index is -1.02. The van der Waals surface area contributed by atoms with E-state index in [2.05, 4.69) is 10.6 Å². The maximum Gasteiger partial charge on any atom is 0.246 e. The average molecular weight is 410 g/mol. The second kappa shape index (κ2) is 7.87. The summed E-state index contributed by atoms with van der Waals surface area (Å²) in [6, 6.07) is -1.48. The number of ether oxygens (including phenoxy) is 1. The number of nitrogens with zero attached hydrogens (tertiary/aromatic N) is 1. The number of aliphatic hydroxyl groups is 1. The summed E-state index contributed by atoms with van der Waals surface area (Å²) in [5.74, 6) is -2.04. The first-order chi connectivity index (χ1) is 13.7. The molecule has 0 aromatic carbocycles. The van der Waals surface area contributed by atoms with Gasteiger partial charge in [0.2, 0.25) is 17.7 Å². The van der Waals surface area contributed by atoms with E-state index in [1.807, 2.05) is 27.7 Å². The Morgan fingerprint density at radius 2 is 1.93 bits per heavy atom. The zero-order valence-electron chi connectivity index (χ0n) is 18.2. The topological polar surface area (TPSA) is 108 Å². The van der Waals surface area contributed by atoms with Gasteiger partial charge in [-0.15, -0.1) is 0 Å². The molecular weight excluding hydrogens is 374 g/mol. The van der Waals surface area contributed by atoms with Crippen molar-refractivity contribution in [2.75, 3.05) is 13.2 Å². The Morgan fingerprint density at radius 3 is 2.48 bits per heavy atom. The highest BCUT2D eigenvalue weighted by Crippen LogP contribution is 2.64. The van der Waals surface area contributed by atoms with Gasteiger partial charge in [0.05, 0.1) is 30.1 Å². The molecule has 164 valence electrons. The molecule has 2 unspecified atom stereocenters. The van der Waals surface area contributed by atoms with E-state index in [1.54, 1.807) is 6.92 Å². The second-order valence-electron chi connectivity index (χ2n) is 9.06. The molecule has 3 amide bonds. The predicted molar refractivity (Wildman–Crippen MR) is 107 cm³/mol. The van der Waals surface area contributed by atoms with Gasteiger partial charge in [0, 0.05) is 12.6 Å². The molecule has 6 atom stereocenters. The van der Waals surface area contributed by atoms with Gasteiger partial charge in [-0.3, -0.25) is 14.4 Å². The van der Waals surface area contributed by atoms with Crippen LogP contribution in [0.2, 0.25) is 0 Å². The summed E-state index contributed by atoms with van der Waals surface area (Å²) in [4.78, 5) is 41.4. The molecule has 3 rings (SSSR count). The number of fused-ring (bicyclic) bond motifs is 1. The molecule has 3 fully saturated rings. The number of hydrogen-bond acceptors (Lipinski definition) is 5. The maximum absolute atomic E-state index is 13.6. The number of hydrogen-bond donors (Lipinski definition) is 3. The number of likely N-dealkylation sites (tertiary alicyclic amines) is 1. The third kappa shape index (κ3) is 3.15. The summed E-state index contributed by atoms with van der Waals surface area (Å²) in [7, 11) is 0. The molecule has 0 aliphatic carbocycles. The fourth-order valence-corrected chi connectivity index (χ4v) is 5.64. The van der Waals surface area contributed by atoms with Crippen LogP contribution in [0, 0.1) is 11.8 Å². The lowest BCUT2D eigenvalue weighted by Gasteiger charge is -2.36. The molecule has 3 N–H and O–H groups in total. The molecular formula is C21H35N3O5. The smallest absolute Gasteiger partial charge is 0.246 e. The molecule has 3 aliphatic heterocycles. The number of nitrogens with one attached hydrogen (secondary N) is 2. The lowest BCUT2D eigenvalue weighted by molar-refractivity contribution is -0.150. The van der Waals surface area contributed by atoms with Gasteiger partial charge in [-0.25, -0.2) is 0 Å². The van der Waals surface area contributed by atoms with Crippen molar-refractivity contribution in [3.05, 3.63) is 0 Å². The molecule has 0 aromatic heterocycles. The quantitative estimate of drug-likeness (QED) is 0.543. The molecule has 1 spiro atoms. The van der Waals surface area contributed by atoms with Crippen LogP contribution in [-0.4, -0.2) is 70.2 Å². The van der Waals surface area contributed by atoms with Crippen LogP contribution in [0.25, 0.3) is 0 Å². The predicted octanol–water partition coefficient (Wildman–Crippen LogP) is 0.573. The van der Waals surface area contributed by atoms with Crippen molar-refractivity contribution < 1.29 is 24.2 Å². The molecule has 0 radical (unpaired) electrons. The Labute approximate surface area is 172 Å². The largest absolute Gasteiger partial charge is 0.394 e. The van der Waals surface area contributed by atoms with E-state index in [9.17, 15) is 19.5 Å². The van der Waals surface area contributed by atoms with Crippen LogP contribution in [-0.2, 0) is 19.1 Å². The molecule has 3 saturated heterocycles. The van der Waals surface area contributed by atoms with Crippen LogP contribution in [0.4, 0.5) is 0 Å².